The van der Waals surface area contributed by atoms with Gasteiger partial charge >= 0.3 is 6.18 Å². The van der Waals surface area contributed by atoms with Crippen molar-refractivity contribution in [2.24, 2.45) is 5.92 Å². The highest BCUT2D eigenvalue weighted by Crippen LogP contribution is 2.51. The summed E-state index contributed by atoms with van der Waals surface area (Å²) in [5.41, 5.74) is 0.453. The van der Waals surface area contributed by atoms with Crippen LogP contribution >= 0.6 is 0 Å². The van der Waals surface area contributed by atoms with E-state index in [2.05, 4.69) is 5.32 Å². The molecule has 10 nitrogen and oxygen atoms in total. The average Bonchev–Trinajstić information content (AvgIpc) is 3.53. The predicted octanol–water partition coefficient (Wildman–Crippen LogP) is 0.558. The van der Waals surface area contributed by atoms with Crippen LogP contribution in [0.5, 0.6) is 11.5 Å². The molecule has 3 N–H and O–H groups in total. The van der Waals surface area contributed by atoms with Crippen LogP contribution in [0.4, 0.5) is 13.2 Å². The molecule has 1 aliphatic carbocycles. The summed E-state index contributed by atoms with van der Waals surface area (Å²) in [4.78, 5) is 38.3. The number of aliphatic hydroxyl groups is 2. The number of aldehydes is 1. The number of aliphatic hydroxyl groups excluding tert-OH is 2. The maximum Gasteiger partial charge on any atom is 0.406 e. The minimum atomic E-state index is -4.79. The van der Waals surface area contributed by atoms with Gasteiger partial charge < -0.3 is 34.6 Å². The van der Waals surface area contributed by atoms with Crippen LogP contribution in [0.1, 0.15) is 28.3 Å². The Kier molecular flexibility index (Phi) is 7.76. The topological polar surface area (TPSA) is 135 Å². The summed E-state index contributed by atoms with van der Waals surface area (Å²) in [5.74, 6) is -3.13. The van der Waals surface area contributed by atoms with Crippen molar-refractivity contribution in [1.29, 1.82) is 0 Å². The van der Waals surface area contributed by atoms with E-state index < -0.39 is 61.2 Å². The Morgan fingerprint density at radius 2 is 2.08 bits per heavy atom. The normalized spacial score (nSPS) is 26.4. The molecular weight excluding hydrogens is 501 g/mol. The Balaban J connectivity index is 1.82. The van der Waals surface area contributed by atoms with Crippen LogP contribution in [0.15, 0.2) is 23.8 Å². The van der Waals surface area contributed by atoms with Gasteiger partial charge in [0.2, 0.25) is 11.8 Å². The van der Waals surface area contributed by atoms with Gasteiger partial charge in [0, 0.05) is 29.9 Å². The first-order valence-electron chi connectivity index (χ1n) is 11.7. The monoisotopic (exact) mass is 528 g/mol. The highest BCUT2D eigenvalue weighted by molar-refractivity contribution is 5.96. The molecular formula is C24H27F3N2O8. The lowest BCUT2D eigenvalue weighted by Gasteiger charge is -2.41. The fourth-order valence-electron chi connectivity index (χ4n) is 5.05. The fraction of sp³-hybridized carbons (Fsp3) is 0.542. The molecule has 2 heterocycles. The number of carbonyl (C=O) groups is 3. The van der Waals surface area contributed by atoms with E-state index in [-0.39, 0.29) is 48.8 Å². The van der Waals surface area contributed by atoms with E-state index in [9.17, 15) is 32.7 Å². The molecule has 1 aromatic rings. The van der Waals surface area contributed by atoms with Crippen molar-refractivity contribution in [3.05, 3.63) is 34.9 Å². The molecule has 37 heavy (non-hydrogen) atoms. The van der Waals surface area contributed by atoms with Crippen LogP contribution in [0.3, 0.4) is 0 Å². The smallest absolute Gasteiger partial charge is 0.406 e. The second kappa shape index (κ2) is 10.7. The van der Waals surface area contributed by atoms with Crippen LogP contribution < -0.4 is 14.8 Å². The molecule has 2 aliphatic heterocycles. The van der Waals surface area contributed by atoms with Crippen molar-refractivity contribution >= 4 is 18.1 Å². The van der Waals surface area contributed by atoms with Crippen molar-refractivity contribution in [2.45, 2.75) is 36.8 Å². The molecule has 0 spiro atoms. The lowest BCUT2D eigenvalue weighted by Crippen LogP contribution is -2.58. The Morgan fingerprint density at radius 3 is 2.68 bits per heavy atom. The van der Waals surface area contributed by atoms with Crippen LogP contribution in [-0.4, -0.2) is 97.7 Å². The number of alkyl halides is 3. The van der Waals surface area contributed by atoms with E-state index in [4.69, 9.17) is 19.3 Å². The number of methoxy groups -OCH3 is 1. The van der Waals surface area contributed by atoms with Gasteiger partial charge in [0.05, 0.1) is 38.2 Å². The minimum Gasteiger partial charge on any atom is -0.493 e. The van der Waals surface area contributed by atoms with Gasteiger partial charge in [-0.2, -0.15) is 13.2 Å². The van der Waals surface area contributed by atoms with Crippen LogP contribution in [0.2, 0.25) is 0 Å². The molecule has 5 unspecified atom stereocenters. The molecule has 0 aromatic heterocycles. The van der Waals surface area contributed by atoms with E-state index in [0.29, 0.717) is 16.7 Å². The highest BCUT2D eigenvalue weighted by atomic mass is 19.4. The summed E-state index contributed by atoms with van der Waals surface area (Å²) in [6.07, 6.45) is -5.80. The lowest BCUT2D eigenvalue weighted by atomic mass is 9.77. The van der Waals surface area contributed by atoms with Crippen LogP contribution in [0.25, 0.3) is 0 Å². The zero-order valence-corrected chi connectivity index (χ0v) is 19.9. The average molecular weight is 528 g/mol. The number of benzene rings is 1. The van der Waals surface area contributed by atoms with Gasteiger partial charge in [-0.15, -0.1) is 0 Å². The van der Waals surface area contributed by atoms with Crippen molar-refractivity contribution in [3.63, 3.8) is 0 Å². The van der Waals surface area contributed by atoms with Crippen molar-refractivity contribution in [2.75, 3.05) is 40.0 Å². The molecule has 3 aliphatic rings. The maximum absolute atomic E-state index is 13.6. The molecule has 1 aromatic carbocycles. The van der Waals surface area contributed by atoms with E-state index in [0.717, 1.165) is 6.08 Å². The zero-order valence-electron chi connectivity index (χ0n) is 19.9. The molecule has 1 fully saturated rings. The van der Waals surface area contributed by atoms with E-state index in [1.54, 1.807) is 0 Å². The van der Waals surface area contributed by atoms with Crippen molar-refractivity contribution in [1.82, 2.24) is 10.2 Å². The molecule has 0 radical (unpaired) electrons. The van der Waals surface area contributed by atoms with Crippen molar-refractivity contribution < 1.29 is 52.0 Å². The standard InChI is InChI=1S/C24H27F3N2O8/c1-35-17-7-12(9-31)6-14-18-15(22(33)28-3-4-30)8-16(19(32)21(18)37-20(14)17)29(11-24(25,26)27)23(34)13-2-5-36-10-13/h6-9,13,16,18-19,21,30,32H,2-5,10-11H2,1H3,(H,28,33). The third-order valence-corrected chi connectivity index (χ3v) is 6.68. The SMILES string of the molecule is COc1cc(C=O)cc2c1OC1C2C(C(=O)NCCO)=CC(N(CC(F)(F)F)C(=O)C2CCOC2)C1O. The number of nitrogens with zero attached hydrogens (tertiary/aromatic N) is 1. The summed E-state index contributed by atoms with van der Waals surface area (Å²) in [5, 5.41) is 22.9. The first-order valence-corrected chi connectivity index (χ1v) is 11.7. The molecule has 0 saturated carbocycles. The van der Waals surface area contributed by atoms with Crippen LogP contribution in [-0.2, 0) is 14.3 Å². The summed E-state index contributed by atoms with van der Waals surface area (Å²) in [6.45, 7) is -2.03. The van der Waals surface area contributed by atoms with E-state index in [1.165, 1.54) is 19.2 Å². The minimum absolute atomic E-state index is 0.0524. The summed E-state index contributed by atoms with van der Waals surface area (Å²) >= 11 is 0. The Hall–Kier alpha value is -3.16. The quantitative estimate of drug-likeness (QED) is 0.417. The molecule has 0 bridgehead atoms. The highest BCUT2D eigenvalue weighted by Gasteiger charge is 2.53. The Labute approximate surface area is 210 Å². The zero-order chi connectivity index (χ0) is 26.9. The third kappa shape index (κ3) is 5.29. The maximum atomic E-state index is 13.6. The third-order valence-electron chi connectivity index (χ3n) is 6.68. The van der Waals surface area contributed by atoms with Gasteiger partial charge in [0.25, 0.3) is 0 Å². The molecule has 1 saturated heterocycles. The number of rotatable bonds is 8. The number of hydrogen-bond donors (Lipinski definition) is 3. The number of nitrogens with one attached hydrogen (secondary N) is 1. The first kappa shape index (κ1) is 26.9. The molecule has 202 valence electrons. The molecule has 2 amide bonds. The lowest BCUT2D eigenvalue weighted by molar-refractivity contribution is -0.172. The van der Waals surface area contributed by atoms with Crippen LogP contribution in [0, 0.1) is 5.92 Å². The first-order chi connectivity index (χ1) is 17.6. The predicted molar refractivity (Wildman–Crippen MR) is 120 cm³/mol. The van der Waals surface area contributed by atoms with Gasteiger partial charge in [0.1, 0.15) is 25.0 Å². The number of hydrogen-bond acceptors (Lipinski definition) is 8. The number of halogens is 3. The summed E-state index contributed by atoms with van der Waals surface area (Å²) in [7, 11) is 1.33. The van der Waals surface area contributed by atoms with E-state index >= 15 is 0 Å². The Morgan fingerprint density at radius 1 is 1.32 bits per heavy atom. The number of ether oxygens (including phenoxy) is 3. The summed E-state index contributed by atoms with van der Waals surface area (Å²) < 4.78 is 57.2. The van der Waals surface area contributed by atoms with Gasteiger partial charge in [-0.3, -0.25) is 14.4 Å². The van der Waals surface area contributed by atoms with Gasteiger partial charge in [-0.1, -0.05) is 0 Å². The van der Waals surface area contributed by atoms with E-state index in [1.807, 2.05) is 0 Å². The van der Waals surface area contributed by atoms with Crippen molar-refractivity contribution in [3.8, 4) is 11.5 Å². The van der Waals surface area contributed by atoms with Gasteiger partial charge in [-0.25, -0.2) is 0 Å². The Bertz CT molecular complexity index is 1090. The number of fused-ring (bicyclic) bond motifs is 3. The van der Waals surface area contributed by atoms with Gasteiger partial charge in [0.15, 0.2) is 11.5 Å². The second-order valence-electron chi connectivity index (χ2n) is 9.04. The molecule has 5 atom stereocenters. The molecule has 4 rings (SSSR count). The second-order valence-corrected chi connectivity index (χ2v) is 9.04. The number of carbonyl (C=O) groups excluding carboxylic acids is 3. The number of amides is 2. The molecule has 13 heteroatoms. The largest absolute Gasteiger partial charge is 0.493 e. The summed E-state index contributed by atoms with van der Waals surface area (Å²) in [6, 6.07) is 1.28. The fourth-order valence-corrected chi connectivity index (χ4v) is 5.05. The van der Waals surface area contributed by atoms with Gasteiger partial charge in [-0.05, 0) is 24.6 Å².